The number of hydrogen-bond acceptors (Lipinski definition) is 4. The number of halogens is 4. The number of benzene rings is 2. The summed E-state index contributed by atoms with van der Waals surface area (Å²) in [6.45, 7) is 9.89. The Morgan fingerprint density at radius 1 is 1.06 bits per heavy atom. The van der Waals surface area contributed by atoms with Crippen LogP contribution >= 0.6 is 12.4 Å². The third kappa shape index (κ3) is 6.24. The molecule has 4 unspecified atom stereocenters. The molecule has 0 amide bonds. The quantitative estimate of drug-likeness (QED) is 0.461. The zero-order chi connectivity index (χ0) is 25.3. The standard InChI is InChI=1S/C28H35F3N2O2.ClH/c1-17(2)23-13-21-9-8-20(12-24(21)14-23)18(3)27(34)35-19(4)33-11-10-32-16-26(33)22-6-5-7-25(15-22)28(29,30)31;/h5-9,12,15,17-19,23,26,32H,10-11,13-14,16H2,1-4H3;1H. The molecule has 4 rings (SSSR count). The average Bonchev–Trinajstić information content (AvgIpc) is 3.27. The average molecular weight is 525 g/mol. The summed E-state index contributed by atoms with van der Waals surface area (Å²) < 4.78 is 45.6. The van der Waals surface area contributed by atoms with E-state index in [0.717, 1.165) is 24.5 Å². The molecule has 36 heavy (non-hydrogen) atoms. The summed E-state index contributed by atoms with van der Waals surface area (Å²) in [7, 11) is 0. The van der Waals surface area contributed by atoms with E-state index in [4.69, 9.17) is 4.74 Å². The van der Waals surface area contributed by atoms with Gasteiger partial charge in [-0.05, 0) is 72.9 Å². The molecule has 1 fully saturated rings. The Kier molecular flexibility index (Phi) is 9.12. The number of piperazine rings is 1. The first-order valence-corrected chi connectivity index (χ1v) is 12.5. The largest absolute Gasteiger partial charge is 0.446 e. The summed E-state index contributed by atoms with van der Waals surface area (Å²) in [6.07, 6.45) is -2.84. The van der Waals surface area contributed by atoms with Crippen LogP contribution in [-0.4, -0.2) is 36.7 Å². The van der Waals surface area contributed by atoms with Gasteiger partial charge in [-0.25, -0.2) is 0 Å². The van der Waals surface area contributed by atoms with Crippen LogP contribution in [0.2, 0.25) is 0 Å². The SMILES string of the molecule is CC(C(=O)OC(C)N1CCNCC1c1cccc(C(F)(F)F)c1)c1ccc2c(c1)CC(C(C)C)C2.Cl. The number of rotatable bonds is 6. The summed E-state index contributed by atoms with van der Waals surface area (Å²) in [4.78, 5) is 15.0. The van der Waals surface area contributed by atoms with Crippen LogP contribution in [-0.2, 0) is 28.5 Å². The third-order valence-corrected chi connectivity index (χ3v) is 7.63. The van der Waals surface area contributed by atoms with Gasteiger partial charge < -0.3 is 10.1 Å². The van der Waals surface area contributed by atoms with E-state index in [9.17, 15) is 18.0 Å². The number of hydrogen-bond donors (Lipinski definition) is 1. The lowest BCUT2D eigenvalue weighted by atomic mass is 9.93. The van der Waals surface area contributed by atoms with E-state index in [1.54, 1.807) is 13.0 Å². The molecule has 0 bridgehead atoms. The number of alkyl halides is 3. The Morgan fingerprint density at radius 3 is 2.47 bits per heavy atom. The highest BCUT2D eigenvalue weighted by Crippen LogP contribution is 2.35. The number of nitrogens with one attached hydrogen (secondary N) is 1. The molecule has 4 nitrogen and oxygen atoms in total. The first-order valence-electron chi connectivity index (χ1n) is 12.5. The van der Waals surface area contributed by atoms with Crippen LogP contribution in [0.5, 0.6) is 0 Å². The second-order valence-electron chi connectivity index (χ2n) is 10.3. The van der Waals surface area contributed by atoms with Gasteiger partial charge in [-0.3, -0.25) is 9.69 Å². The molecular weight excluding hydrogens is 489 g/mol. The highest BCUT2D eigenvalue weighted by molar-refractivity contribution is 5.85. The summed E-state index contributed by atoms with van der Waals surface area (Å²) in [5.74, 6) is 0.522. The van der Waals surface area contributed by atoms with Crippen LogP contribution in [0.1, 0.15) is 67.5 Å². The number of carbonyl (C=O) groups excluding carboxylic acids is 1. The molecule has 1 aliphatic heterocycles. The summed E-state index contributed by atoms with van der Waals surface area (Å²) >= 11 is 0. The maximum absolute atomic E-state index is 13.3. The van der Waals surface area contributed by atoms with Crippen molar-refractivity contribution in [2.24, 2.45) is 11.8 Å². The summed E-state index contributed by atoms with van der Waals surface area (Å²) in [6, 6.07) is 11.4. The summed E-state index contributed by atoms with van der Waals surface area (Å²) in [5.41, 5.74) is 3.52. The smallest absolute Gasteiger partial charge is 0.416 e. The molecule has 1 N–H and O–H groups in total. The molecule has 2 aliphatic rings. The van der Waals surface area contributed by atoms with Gasteiger partial charge in [-0.1, -0.05) is 44.2 Å². The third-order valence-electron chi connectivity index (χ3n) is 7.63. The fraction of sp³-hybridized carbons (Fsp3) is 0.536. The normalized spacial score (nSPS) is 22.0. The van der Waals surface area contributed by atoms with E-state index in [2.05, 4.69) is 31.3 Å². The Morgan fingerprint density at radius 2 is 1.78 bits per heavy atom. The van der Waals surface area contributed by atoms with Crippen LogP contribution in [0.3, 0.4) is 0 Å². The van der Waals surface area contributed by atoms with E-state index in [-0.39, 0.29) is 24.4 Å². The Bertz CT molecular complexity index is 1060. The first-order chi connectivity index (χ1) is 16.5. The van der Waals surface area contributed by atoms with Crippen LogP contribution in [0, 0.1) is 11.8 Å². The van der Waals surface area contributed by atoms with Crippen molar-refractivity contribution in [3.63, 3.8) is 0 Å². The van der Waals surface area contributed by atoms with Crippen molar-refractivity contribution < 1.29 is 22.7 Å². The number of ether oxygens (including phenoxy) is 1. The number of esters is 1. The number of nitrogens with zero attached hydrogens (tertiary/aromatic N) is 1. The lowest BCUT2D eigenvalue weighted by Crippen LogP contribution is -2.51. The maximum Gasteiger partial charge on any atom is 0.416 e. The van der Waals surface area contributed by atoms with Crippen molar-refractivity contribution in [1.29, 1.82) is 0 Å². The lowest BCUT2D eigenvalue weighted by molar-refractivity contribution is -0.162. The fourth-order valence-corrected chi connectivity index (χ4v) is 5.27. The summed E-state index contributed by atoms with van der Waals surface area (Å²) in [5, 5.41) is 3.25. The molecule has 2 aromatic carbocycles. The predicted molar refractivity (Wildman–Crippen MR) is 137 cm³/mol. The van der Waals surface area contributed by atoms with Gasteiger partial charge in [0.1, 0.15) is 0 Å². The second kappa shape index (κ2) is 11.5. The van der Waals surface area contributed by atoms with Gasteiger partial charge in [0.25, 0.3) is 0 Å². The molecule has 1 aliphatic carbocycles. The topological polar surface area (TPSA) is 41.6 Å². The van der Waals surface area contributed by atoms with Gasteiger partial charge >= 0.3 is 12.1 Å². The van der Waals surface area contributed by atoms with Crippen LogP contribution in [0.25, 0.3) is 0 Å². The molecule has 0 radical (unpaired) electrons. The highest BCUT2D eigenvalue weighted by atomic mass is 35.5. The molecule has 4 atom stereocenters. The minimum Gasteiger partial charge on any atom is -0.446 e. The van der Waals surface area contributed by atoms with Gasteiger partial charge in [0, 0.05) is 19.6 Å². The monoisotopic (exact) mass is 524 g/mol. The van der Waals surface area contributed by atoms with Crippen molar-refractivity contribution in [2.45, 2.75) is 64.9 Å². The fourth-order valence-electron chi connectivity index (χ4n) is 5.27. The van der Waals surface area contributed by atoms with Crippen LogP contribution < -0.4 is 5.32 Å². The van der Waals surface area contributed by atoms with E-state index in [1.165, 1.54) is 23.3 Å². The second-order valence-corrected chi connectivity index (χ2v) is 10.3. The Hall–Kier alpha value is -2.09. The van der Waals surface area contributed by atoms with Gasteiger partial charge in [0.2, 0.25) is 0 Å². The number of fused-ring (bicyclic) bond motifs is 1. The van der Waals surface area contributed by atoms with Gasteiger partial charge in [-0.2, -0.15) is 13.2 Å². The van der Waals surface area contributed by atoms with Gasteiger partial charge in [-0.15, -0.1) is 12.4 Å². The maximum atomic E-state index is 13.3. The number of carbonyl (C=O) groups is 1. The molecular formula is C28H36ClF3N2O2. The lowest BCUT2D eigenvalue weighted by Gasteiger charge is -2.40. The van der Waals surface area contributed by atoms with Crippen molar-refractivity contribution in [3.8, 4) is 0 Å². The molecule has 198 valence electrons. The molecule has 8 heteroatoms. The minimum absolute atomic E-state index is 0. The van der Waals surface area contributed by atoms with Crippen molar-refractivity contribution in [2.75, 3.05) is 19.6 Å². The first kappa shape index (κ1) is 28.5. The molecule has 1 heterocycles. The van der Waals surface area contributed by atoms with E-state index in [1.807, 2.05) is 17.9 Å². The molecule has 1 saturated heterocycles. The van der Waals surface area contributed by atoms with Crippen molar-refractivity contribution in [1.82, 2.24) is 10.2 Å². The molecule has 0 spiro atoms. The highest BCUT2D eigenvalue weighted by Gasteiger charge is 2.34. The van der Waals surface area contributed by atoms with Crippen LogP contribution in [0.4, 0.5) is 13.2 Å². The molecule has 0 aromatic heterocycles. The predicted octanol–water partition coefficient (Wildman–Crippen LogP) is 6.14. The minimum atomic E-state index is -4.40. The van der Waals surface area contributed by atoms with Crippen molar-refractivity contribution in [3.05, 3.63) is 70.3 Å². The van der Waals surface area contributed by atoms with E-state index >= 15 is 0 Å². The van der Waals surface area contributed by atoms with Crippen molar-refractivity contribution >= 4 is 18.4 Å². The molecule has 0 saturated carbocycles. The van der Waals surface area contributed by atoms with E-state index in [0.29, 0.717) is 37.0 Å². The van der Waals surface area contributed by atoms with E-state index < -0.39 is 23.9 Å². The van der Waals surface area contributed by atoms with Gasteiger partial charge in [0.05, 0.1) is 17.5 Å². The van der Waals surface area contributed by atoms with Gasteiger partial charge in [0.15, 0.2) is 6.23 Å². The molecule has 2 aromatic rings. The zero-order valence-corrected chi connectivity index (χ0v) is 22.1. The van der Waals surface area contributed by atoms with Crippen LogP contribution in [0.15, 0.2) is 42.5 Å². The Labute approximate surface area is 218 Å². The zero-order valence-electron chi connectivity index (χ0n) is 21.3. The Balaban J connectivity index is 0.00000361.